The summed E-state index contributed by atoms with van der Waals surface area (Å²) < 4.78 is 6.36. The van der Waals surface area contributed by atoms with Crippen LogP contribution < -0.4 is 4.90 Å². The lowest BCUT2D eigenvalue weighted by Crippen LogP contribution is -2.09. The van der Waals surface area contributed by atoms with E-state index in [1.807, 2.05) is 36.4 Å². The molecule has 158 valence electrons. The number of benzene rings is 5. The first-order valence-electron chi connectivity index (χ1n) is 10.9. The van der Waals surface area contributed by atoms with Crippen molar-refractivity contribution >= 4 is 50.6 Å². The zero-order chi connectivity index (χ0) is 22.2. The van der Waals surface area contributed by atoms with Crippen molar-refractivity contribution in [1.82, 2.24) is 0 Å². The van der Waals surface area contributed by atoms with Crippen LogP contribution in [0, 0.1) is 0 Å². The number of furan rings is 1. The second-order valence-electron chi connectivity index (χ2n) is 7.96. The Balaban J connectivity index is 1.71. The molecule has 6 aromatic rings. The average molecular weight is 446 g/mol. The van der Waals surface area contributed by atoms with Gasteiger partial charge in [0.15, 0.2) is 0 Å². The summed E-state index contributed by atoms with van der Waals surface area (Å²) in [4.78, 5) is 2.27. The van der Waals surface area contributed by atoms with E-state index < -0.39 is 0 Å². The van der Waals surface area contributed by atoms with E-state index in [0.717, 1.165) is 50.1 Å². The summed E-state index contributed by atoms with van der Waals surface area (Å²) in [6, 6.07) is 41.4. The van der Waals surface area contributed by atoms with Crippen LogP contribution >= 0.6 is 11.6 Å². The Morgan fingerprint density at radius 2 is 1.18 bits per heavy atom. The summed E-state index contributed by atoms with van der Waals surface area (Å²) in [6.45, 7) is 0. The van der Waals surface area contributed by atoms with Crippen LogP contribution in [0.3, 0.4) is 0 Å². The van der Waals surface area contributed by atoms with Crippen molar-refractivity contribution in [3.8, 4) is 11.1 Å². The SMILES string of the molecule is Clc1cccc2oc3c(-c4ccccc4)cc(N(c4ccccc4)c4ccccc4)cc3c12. The molecule has 6 rings (SSSR count). The van der Waals surface area contributed by atoms with E-state index in [1.54, 1.807) is 0 Å². The molecule has 0 saturated heterocycles. The Bertz CT molecular complexity index is 1520. The van der Waals surface area contributed by atoms with Gasteiger partial charge in [-0.2, -0.15) is 0 Å². The maximum absolute atomic E-state index is 6.67. The highest BCUT2D eigenvalue weighted by Crippen LogP contribution is 2.44. The van der Waals surface area contributed by atoms with Crippen LogP contribution in [0.1, 0.15) is 0 Å². The minimum Gasteiger partial charge on any atom is -0.455 e. The van der Waals surface area contributed by atoms with Gasteiger partial charge in [-0.25, -0.2) is 0 Å². The normalized spacial score (nSPS) is 11.2. The van der Waals surface area contributed by atoms with Gasteiger partial charge in [0.05, 0.1) is 5.02 Å². The molecular weight excluding hydrogens is 426 g/mol. The second kappa shape index (κ2) is 8.16. The quantitative estimate of drug-likeness (QED) is 0.268. The van der Waals surface area contributed by atoms with Gasteiger partial charge in [0.2, 0.25) is 0 Å². The molecule has 0 bridgehead atoms. The fourth-order valence-corrected chi connectivity index (χ4v) is 4.70. The third kappa shape index (κ3) is 3.45. The number of anilines is 3. The molecule has 0 aliphatic rings. The Morgan fingerprint density at radius 1 is 0.576 bits per heavy atom. The van der Waals surface area contributed by atoms with Crippen LogP contribution in [0.5, 0.6) is 0 Å². The smallest absolute Gasteiger partial charge is 0.143 e. The predicted molar refractivity (Wildman–Crippen MR) is 139 cm³/mol. The molecule has 0 fully saturated rings. The van der Waals surface area contributed by atoms with Gasteiger partial charge >= 0.3 is 0 Å². The number of rotatable bonds is 4. The highest BCUT2D eigenvalue weighted by molar-refractivity contribution is 6.38. The monoisotopic (exact) mass is 445 g/mol. The van der Waals surface area contributed by atoms with Crippen LogP contribution in [0.2, 0.25) is 5.02 Å². The Morgan fingerprint density at radius 3 is 1.82 bits per heavy atom. The molecule has 0 spiro atoms. The van der Waals surface area contributed by atoms with Crippen molar-refractivity contribution in [3.05, 3.63) is 126 Å². The molecule has 3 heteroatoms. The maximum atomic E-state index is 6.67. The Hall–Kier alpha value is -4.01. The molecule has 0 aliphatic heterocycles. The molecule has 33 heavy (non-hydrogen) atoms. The highest BCUT2D eigenvalue weighted by atomic mass is 35.5. The fourth-order valence-electron chi connectivity index (χ4n) is 4.43. The van der Waals surface area contributed by atoms with Crippen molar-refractivity contribution in [2.75, 3.05) is 4.90 Å². The number of nitrogens with zero attached hydrogens (tertiary/aromatic N) is 1. The third-order valence-electron chi connectivity index (χ3n) is 5.90. The lowest BCUT2D eigenvalue weighted by atomic mass is 10.0. The van der Waals surface area contributed by atoms with Crippen LogP contribution in [-0.2, 0) is 0 Å². The lowest BCUT2D eigenvalue weighted by molar-refractivity contribution is 0.670. The molecule has 0 atom stereocenters. The molecule has 0 unspecified atom stereocenters. The summed E-state index contributed by atoms with van der Waals surface area (Å²) in [6.07, 6.45) is 0. The topological polar surface area (TPSA) is 16.4 Å². The number of fused-ring (bicyclic) bond motifs is 3. The van der Waals surface area contributed by atoms with Gasteiger partial charge in [-0.05, 0) is 54.1 Å². The van der Waals surface area contributed by atoms with E-state index >= 15 is 0 Å². The summed E-state index contributed by atoms with van der Waals surface area (Å²) in [5.74, 6) is 0. The Kier molecular flexibility index (Phi) is 4.86. The van der Waals surface area contributed by atoms with E-state index in [0.29, 0.717) is 5.02 Å². The molecule has 2 nitrogen and oxygen atoms in total. The molecule has 1 heterocycles. The van der Waals surface area contributed by atoms with Crippen molar-refractivity contribution < 1.29 is 4.42 Å². The van der Waals surface area contributed by atoms with Crippen LogP contribution in [-0.4, -0.2) is 0 Å². The number of halogens is 1. The molecule has 0 N–H and O–H groups in total. The van der Waals surface area contributed by atoms with E-state index in [2.05, 4.69) is 89.8 Å². The van der Waals surface area contributed by atoms with Gasteiger partial charge < -0.3 is 9.32 Å². The Labute approximate surface area is 197 Å². The largest absolute Gasteiger partial charge is 0.455 e. The molecule has 0 radical (unpaired) electrons. The van der Waals surface area contributed by atoms with Crippen molar-refractivity contribution in [3.63, 3.8) is 0 Å². The van der Waals surface area contributed by atoms with Crippen molar-refractivity contribution in [2.24, 2.45) is 0 Å². The molecule has 1 aromatic heterocycles. The zero-order valence-electron chi connectivity index (χ0n) is 17.8. The van der Waals surface area contributed by atoms with E-state index in [1.165, 1.54) is 0 Å². The second-order valence-corrected chi connectivity index (χ2v) is 8.36. The highest BCUT2D eigenvalue weighted by Gasteiger charge is 2.20. The number of para-hydroxylation sites is 2. The molecule has 0 amide bonds. The van der Waals surface area contributed by atoms with Crippen LogP contribution in [0.15, 0.2) is 126 Å². The van der Waals surface area contributed by atoms with Crippen molar-refractivity contribution in [1.29, 1.82) is 0 Å². The van der Waals surface area contributed by atoms with E-state index in [-0.39, 0.29) is 0 Å². The summed E-state index contributed by atoms with van der Waals surface area (Å²) in [5, 5.41) is 2.63. The van der Waals surface area contributed by atoms with Crippen LogP contribution in [0.4, 0.5) is 17.1 Å². The molecule has 0 saturated carbocycles. The van der Waals surface area contributed by atoms with Gasteiger partial charge in [0.25, 0.3) is 0 Å². The first-order chi connectivity index (χ1) is 16.3. The summed E-state index contributed by atoms with van der Waals surface area (Å²) >= 11 is 6.67. The predicted octanol–water partition coefficient (Wildman–Crippen LogP) is 9.38. The third-order valence-corrected chi connectivity index (χ3v) is 6.22. The maximum Gasteiger partial charge on any atom is 0.143 e. The van der Waals surface area contributed by atoms with Gasteiger partial charge in [-0.15, -0.1) is 0 Å². The van der Waals surface area contributed by atoms with Crippen molar-refractivity contribution in [2.45, 2.75) is 0 Å². The molecule has 5 aromatic carbocycles. The van der Waals surface area contributed by atoms with Crippen LogP contribution in [0.25, 0.3) is 33.1 Å². The van der Waals surface area contributed by atoms with Gasteiger partial charge in [0.1, 0.15) is 11.2 Å². The molecule has 0 aliphatic carbocycles. The van der Waals surface area contributed by atoms with Gasteiger partial charge in [-0.3, -0.25) is 0 Å². The lowest BCUT2D eigenvalue weighted by Gasteiger charge is -2.26. The minimum absolute atomic E-state index is 0.688. The standard InChI is InChI=1S/C30H20ClNO/c31-27-17-10-18-28-29(27)26-20-24(19-25(30(26)33-28)21-11-4-1-5-12-21)32(22-13-6-2-7-14-22)23-15-8-3-9-16-23/h1-20H. The van der Waals surface area contributed by atoms with E-state index in [4.69, 9.17) is 16.0 Å². The number of hydrogen-bond donors (Lipinski definition) is 0. The first-order valence-corrected chi connectivity index (χ1v) is 11.3. The van der Waals surface area contributed by atoms with Gasteiger partial charge in [0, 0.05) is 33.4 Å². The number of hydrogen-bond acceptors (Lipinski definition) is 2. The van der Waals surface area contributed by atoms with Gasteiger partial charge in [-0.1, -0.05) is 84.4 Å². The summed E-state index contributed by atoms with van der Waals surface area (Å²) in [5.41, 5.74) is 6.98. The average Bonchev–Trinajstić information content (AvgIpc) is 3.25. The fraction of sp³-hybridized carbons (Fsp3) is 0. The van der Waals surface area contributed by atoms with E-state index in [9.17, 15) is 0 Å². The minimum atomic E-state index is 0.688. The molecular formula is C30H20ClNO. The summed E-state index contributed by atoms with van der Waals surface area (Å²) in [7, 11) is 0. The zero-order valence-corrected chi connectivity index (χ0v) is 18.5. The first kappa shape index (κ1) is 19.7.